The Morgan fingerprint density at radius 1 is 1.21 bits per heavy atom. The molecular weight excluding hydrogens is 480 g/mol. The number of rotatable bonds is 8. The molecule has 8 heteroatoms. The minimum absolute atomic E-state index is 0.0157. The number of amides is 1. The van der Waals surface area contributed by atoms with Gasteiger partial charge in [0.25, 0.3) is 0 Å². The van der Waals surface area contributed by atoms with E-state index in [9.17, 15) is 9.90 Å². The van der Waals surface area contributed by atoms with Crippen LogP contribution in [0.5, 0.6) is 0 Å². The molecule has 1 saturated heterocycles. The number of nitrogens with zero attached hydrogens (tertiary/aromatic N) is 4. The molecule has 1 aliphatic heterocycles. The Morgan fingerprint density at radius 2 is 1.89 bits per heavy atom. The maximum Gasteiger partial charge on any atom is 0.412 e. The van der Waals surface area contributed by atoms with Gasteiger partial charge >= 0.3 is 6.09 Å². The minimum Gasteiger partial charge on any atom is -0.444 e. The number of hydrogen-bond acceptors (Lipinski definition) is 6. The molecule has 0 spiro atoms. The largest absolute Gasteiger partial charge is 0.444 e. The first-order valence-electron chi connectivity index (χ1n) is 14.2. The van der Waals surface area contributed by atoms with Crippen LogP contribution in [0, 0.1) is 11.8 Å². The van der Waals surface area contributed by atoms with E-state index in [-0.39, 0.29) is 17.6 Å². The summed E-state index contributed by atoms with van der Waals surface area (Å²) in [6, 6.07) is 2.05. The van der Waals surface area contributed by atoms with E-state index in [2.05, 4.69) is 36.4 Å². The fourth-order valence-electron chi connectivity index (χ4n) is 5.79. The summed E-state index contributed by atoms with van der Waals surface area (Å²) >= 11 is 0. The number of carbonyl (C=O) groups excluding carboxylic acids is 1. The van der Waals surface area contributed by atoms with Crippen LogP contribution in [0.15, 0.2) is 12.3 Å². The summed E-state index contributed by atoms with van der Waals surface area (Å²) in [4.78, 5) is 24.4. The van der Waals surface area contributed by atoms with Crippen LogP contribution in [0.2, 0.25) is 0 Å². The average molecular weight is 529 g/mol. The van der Waals surface area contributed by atoms with E-state index in [1.165, 1.54) is 18.5 Å². The van der Waals surface area contributed by atoms with Gasteiger partial charge in [0.05, 0.1) is 30.6 Å². The van der Waals surface area contributed by atoms with Gasteiger partial charge in [0.15, 0.2) is 5.65 Å². The molecule has 1 unspecified atom stereocenters. The summed E-state index contributed by atoms with van der Waals surface area (Å²) < 4.78 is 14.0. The van der Waals surface area contributed by atoms with Gasteiger partial charge in [-0.05, 0) is 71.8 Å². The van der Waals surface area contributed by atoms with E-state index in [0.29, 0.717) is 24.6 Å². The van der Waals surface area contributed by atoms with Gasteiger partial charge in [0.2, 0.25) is 0 Å². The highest BCUT2D eigenvalue weighted by atomic mass is 16.6. The smallest absolute Gasteiger partial charge is 0.412 e. The first-order chi connectivity index (χ1) is 17.6. The van der Waals surface area contributed by atoms with Crippen LogP contribution in [0.3, 0.4) is 0 Å². The Morgan fingerprint density at radius 3 is 2.50 bits per heavy atom. The fourth-order valence-corrected chi connectivity index (χ4v) is 5.79. The lowest BCUT2D eigenvalue weighted by Crippen LogP contribution is -2.52. The summed E-state index contributed by atoms with van der Waals surface area (Å²) in [6.07, 6.45) is 6.63. The lowest BCUT2D eigenvalue weighted by Gasteiger charge is -2.38. The molecule has 3 heterocycles. The molecular formula is C30H48N4O4. The third-order valence-electron chi connectivity index (χ3n) is 7.90. The van der Waals surface area contributed by atoms with Gasteiger partial charge in [-0.2, -0.15) is 0 Å². The van der Waals surface area contributed by atoms with Crippen LogP contribution in [0.1, 0.15) is 111 Å². The number of ether oxygens (including phenoxy) is 2. The van der Waals surface area contributed by atoms with E-state index < -0.39 is 17.4 Å². The second-order valence-electron chi connectivity index (χ2n) is 13.9. The molecule has 0 aromatic carbocycles. The van der Waals surface area contributed by atoms with E-state index in [4.69, 9.17) is 14.5 Å². The van der Waals surface area contributed by atoms with E-state index in [0.717, 1.165) is 36.3 Å². The minimum atomic E-state index is -0.708. The Balaban J connectivity index is 1.44. The molecule has 4 rings (SSSR count). The predicted octanol–water partition coefficient (Wildman–Crippen LogP) is 6.26. The second-order valence-corrected chi connectivity index (χ2v) is 13.9. The van der Waals surface area contributed by atoms with Crippen molar-refractivity contribution in [3.63, 3.8) is 0 Å². The third kappa shape index (κ3) is 6.50. The molecule has 3 atom stereocenters. The van der Waals surface area contributed by atoms with Crippen molar-refractivity contribution in [2.75, 3.05) is 6.61 Å². The average Bonchev–Trinajstić information content (AvgIpc) is 3.45. The maximum atomic E-state index is 13.2. The van der Waals surface area contributed by atoms with Crippen molar-refractivity contribution in [2.45, 2.75) is 123 Å². The third-order valence-corrected chi connectivity index (χ3v) is 7.90. The topological polar surface area (TPSA) is 89.7 Å². The number of fused-ring (bicyclic) bond motifs is 1. The summed E-state index contributed by atoms with van der Waals surface area (Å²) in [5.74, 6) is 1.01. The standard InChI is InChI=1S/C30H48N4O4/c1-28(2,3)25-16-21-26(33(25)9)32-22(17-31-21)24(35)12-10-11-20(15-19-13-14-19)23-18-37-30(7,8)34(23)27(36)38-29(4,5)6/h16-17,19-20,23-24,35H,10-15,18H2,1-9H3/t20-,23-,24?/m0/s1. The number of aromatic nitrogens is 3. The monoisotopic (exact) mass is 528 g/mol. The summed E-state index contributed by atoms with van der Waals surface area (Å²) in [5.41, 5.74) is 2.14. The molecule has 1 aliphatic carbocycles. The van der Waals surface area contributed by atoms with Crippen LogP contribution in [-0.4, -0.2) is 54.6 Å². The molecule has 0 bridgehead atoms. The molecule has 2 aromatic rings. The van der Waals surface area contributed by atoms with Gasteiger partial charge in [-0.25, -0.2) is 9.78 Å². The molecule has 2 fully saturated rings. The highest BCUT2D eigenvalue weighted by Gasteiger charge is 2.49. The molecule has 1 amide bonds. The molecule has 8 nitrogen and oxygen atoms in total. The predicted molar refractivity (Wildman–Crippen MR) is 149 cm³/mol. The summed E-state index contributed by atoms with van der Waals surface area (Å²) in [7, 11) is 2.01. The molecule has 38 heavy (non-hydrogen) atoms. The normalized spacial score (nSPS) is 21.6. The van der Waals surface area contributed by atoms with Crippen molar-refractivity contribution in [1.29, 1.82) is 0 Å². The number of aryl methyl sites for hydroxylation is 1. The molecule has 2 aliphatic rings. The van der Waals surface area contributed by atoms with Crippen molar-refractivity contribution in [1.82, 2.24) is 19.4 Å². The van der Waals surface area contributed by atoms with Crippen LogP contribution in [0.4, 0.5) is 4.79 Å². The van der Waals surface area contributed by atoms with Crippen LogP contribution < -0.4 is 0 Å². The van der Waals surface area contributed by atoms with Gasteiger partial charge in [0.1, 0.15) is 16.8 Å². The van der Waals surface area contributed by atoms with Crippen LogP contribution >= 0.6 is 0 Å². The van der Waals surface area contributed by atoms with Crippen LogP contribution in [-0.2, 0) is 21.9 Å². The Bertz CT molecular complexity index is 1140. The Kier molecular flexibility index (Phi) is 7.90. The second kappa shape index (κ2) is 10.4. The first kappa shape index (κ1) is 28.8. The highest BCUT2D eigenvalue weighted by Crippen LogP contribution is 2.42. The van der Waals surface area contributed by atoms with Gasteiger partial charge in [-0.1, -0.05) is 40.0 Å². The zero-order valence-electron chi connectivity index (χ0n) is 24.9. The zero-order chi connectivity index (χ0) is 28.0. The van der Waals surface area contributed by atoms with Gasteiger partial charge in [-0.15, -0.1) is 0 Å². The summed E-state index contributed by atoms with van der Waals surface area (Å²) in [5, 5.41) is 11.0. The fraction of sp³-hybridized carbons (Fsp3) is 0.767. The molecule has 1 N–H and O–H groups in total. The Labute approximate surface area is 228 Å². The highest BCUT2D eigenvalue weighted by molar-refractivity contribution is 5.73. The molecule has 0 radical (unpaired) electrons. The van der Waals surface area contributed by atoms with E-state index in [1.54, 1.807) is 6.20 Å². The van der Waals surface area contributed by atoms with Crippen molar-refractivity contribution < 1.29 is 19.4 Å². The number of aliphatic hydroxyl groups is 1. The van der Waals surface area contributed by atoms with Crippen LogP contribution in [0.25, 0.3) is 11.2 Å². The van der Waals surface area contributed by atoms with Gasteiger partial charge in [-0.3, -0.25) is 9.88 Å². The lowest BCUT2D eigenvalue weighted by molar-refractivity contribution is -0.0649. The van der Waals surface area contributed by atoms with Crippen molar-refractivity contribution in [2.24, 2.45) is 18.9 Å². The number of aliphatic hydroxyl groups excluding tert-OH is 1. The SMILES string of the molecule is Cn1c(C(C)(C)C)cc2ncc(C(O)CCC[C@@H](CC3CC3)[C@@H]3COC(C)(C)N3C(=O)OC(C)(C)C)nc21. The van der Waals surface area contributed by atoms with E-state index in [1.807, 2.05) is 46.6 Å². The summed E-state index contributed by atoms with van der Waals surface area (Å²) in [6.45, 7) is 16.6. The molecule has 1 saturated carbocycles. The van der Waals surface area contributed by atoms with Gasteiger partial charge < -0.3 is 19.1 Å². The molecule has 2 aromatic heterocycles. The zero-order valence-corrected chi connectivity index (χ0v) is 24.9. The first-order valence-corrected chi connectivity index (χ1v) is 14.2. The van der Waals surface area contributed by atoms with Crippen molar-refractivity contribution >= 4 is 17.3 Å². The van der Waals surface area contributed by atoms with Crippen molar-refractivity contribution in [3.05, 3.63) is 23.7 Å². The van der Waals surface area contributed by atoms with E-state index >= 15 is 0 Å². The Hall–Kier alpha value is -2.19. The number of carbonyl (C=O) groups is 1. The van der Waals surface area contributed by atoms with Gasteiger partial charge in [0, 0.05) is 18.2 Å². The maximum absolute atomic E-state index is 13.2. The lowest BCUT2D eigenvalue weighted by atomic mass is 9.87. The molecule has 212 valence electrons. The number of hydrogen-bond donors (Lipinski definition) is 1. The quantitative estimate of drug-likeness (QED) is 0.435. The van der Waals surface area contributed by atoms with Crippen molar-refractivity contribution in [3.8, 4) is 0 Å².